The van der Waals surface area contributed by atoms with Gasteiger partial charge in [-0.1, -0.05) is 0 Å². The van der Waals surface area contributed by atoms with Crippen molar-refractivity contribution in [2.45, 2.75) is 0 Å². The van der Waals surface area contributed by atoms with Crippen LogP contribution in [0.2, 0.25) is 0 Å². The molecule has 2 rings (SSSR count). The van der Waals surface area contributed by atoms with E-state index in [0.29, 0.717) is 0 Å². The largest absolute Gasteiger partial charge is 0.432 e. The molecule has 2 aromatic rings. The lowest BCUT2D eigenvalue weighted by atomic mass is 10.4. The molecule has 2 aromatic heterocycles. The monoisotopic (exact) mass is 165 g/mol. The Labute approximate surface area is 69.4 Å². The van der Waals surface area contributed by atoms with Gasteiger partial charge < -0.3 is 15.0 Å². The Morgan fingerprint density at radius 1 is 1.42 bits per heavy atom. The number of nitrogens with one attached hydrogen (secondary N) is 1. The third-order valence-electron chi connectivity index (χ3n) is 1.22. The summed E-state index contributed by atoms with van der Waals surface area (Å²) < 4.78 is 0. The lowest BCUT2D eigenvalue weighted by Gasteiger charge is -1.81. The van der Waals surface area contributed by atoms with Crippen LogP contribution in [0.1, 0.15) is 0 Å². The van der Waals surface area contributed by atoms with E-state index in [-0.39, 0.29) is 0 Å². The van der Waals surface area contributed by atoms with Crippen LogP contribution in [0.4, 0.5) is 0 Å². The van der Waals surface area contributed by atoms with E-state index in [9.17, 15) is 0 Å². The van der Waals surface area contributed by atoms with E-state index in [0.717, 1.165) is 11.0 Å². The molecule has 0 aromatic carbocycles. The average molecular weight is 165 g/mol. The normalized spacial score (nSPS) is 8.83. The van der Waals surface area contributed by atoms with Gasteiger partial charge >= 0.3 is 7.69 Å². The molecule has 0 unspecified atom stereocenters. The van der Waals surface area contributed by atoms with Crippen LogP contribution in [0.5, 0.6) is 0 Å². The summed E-state index contributed by atoms with van der Waals surface area (Å²) in [4.78, 5) is 10.8. The minimum absolute atomic E-state index is 0.750. The van der Waals surface area contributed by atoms with E-state index in [2.05, 4.69) is 15.0 Å². The van der Waals surface area contributed by atoms with E-state index >= 15 is 0 Å². The molecular formula is C6H8BN3O2. The van der Waals surface area contributed by atoms with Crippen LogP contribution in [0.3, 0.4) is 0 Å². The summed E-state index contributed by atoms with van der Waals surface area (Å²) >= 11 is 0. The SMILES string of the molecule is OBO.c1ncc2cc[nH]c2n1. The molecule has 0 spiro atoms. The highest BCUT2D eigenvalue weighted by Gasteiger charge is 1.89. The molecule has 0 aliphatic heterocycles. The fraction of sp³-hybridized carbons (Fsp3) is 0. The molecule has 0 amide bonds. The molecule has 0 radical (unpaired) electrons. The zero-order chi connectivity index (χ0) is 8.81. The lowest BCUT2D eigenvalue weighted by Crippen LogP contribution is -1.75. The van der Waals surface area contributed by atoms with Crippen LogP contribution in [0.15, 0.2) is 24.8 Å². The number of rotatable bonds is 0. The molecule has 0 bridgehead atoms. The molecule has 0 saturated heterocycles. The van der Waals surface area contributed by atoms with E-state index in [1.165, 1.54) is 6.33 Å². The summed E-state index contributed by atoms with van der Waals surface area (Å²) in [7, 11) is -0.750. The molecule has 0 aliphatic rings. The molecule has 0 aliphatic carbocycles. The van der Waals surface area contributed by atoms with Gasteiger partial charge in [-0.2, -0.15) is 0 Å². The second-order valence-corrected chi connectivity index (χ2v) is 1.95. The number of aromatic amines is 1. The lowest BCUT2D eigenvalue weighted by molar-refractivity contribution is 0.448. The van der Waals surface area contributed by atoms with Gasteiger partial charge in [-0.25, -0.2) is 9.97 Å². The van der Waals surface area contributed by atoms with Crippen LogP contribution < -0.4 is 0 Å². The second-order valence-electron chi connectivity index (χ2n) is 1.95. The van der Waals surface area contributed by atoms with Crippen molar-refractivity contribution in [2.75, 3.05) is 0 Å². The summed E-state index contributed by atoms with van der Waals surface area (Å²) in [5.74, 6) is 0. The molecular weight excluding hydrogens is 157 g/mol. The Morgan fingerprint density at radius 3 is 2.83 bits per heavy atom. The Balaban J connectivity index is 0.000000213. The third kappa shape index (κ3) is 2.04. The molecule has 3 N–H and O–H groups in total. The standard InChI is InChI=1S/C6H5N3.BH3O2/c1-2-8-6-5(1)3-7-4-9-6;2-1-3/h1-4H,(H,7,8,9);1-3H. The van der Waals surface area contributed by atoms with Gasteiger partial charge in [0.1, 0.15) is 12.0 Å². The maximum absolute atomic E-state index is 7.12. The quantitative estimate of drug-likeness (QED) is 0.446. The smallest absolute Gasteiger partial charge is 0.430 e. The van der Waals surface area contributed by atoms with Gasteiger partial charge in [0.15, 0.2) is 0 Å². The minimum atomic E-state index is -0.750. The van der Waals surface area contributed by atoms with Gasteiger partial charge in [0, 0.05) is 17.8 Å². The summed E-state index contributed by atoms with van der Waals surface area (Å²) in [6, 6.07) is 1.94. The zero-order valence-electron chi connectivity index (χ0n) is 6.31. The van der Waals surface area contributed by atoms with Gasteiger partial charge in [-0.05, 0) is 6.07 Å². The topological polar surface area (TPSA) is 82.0 Å². The molecule has 5 nitrogen and oxygen atoms in total. The Kier molecular flexibility index (Phi) is 3.24. The Hall–Kier alpha value is -1.40. The zero-order valence-corrected chi connectivity index (χ0v) is 6.31. The molecule has 6 heteroatoms. The minimum Gasteiger partial charge on any atom is -0.430 e. The van der Waals surface area contributed by atoms with Crippen molar-refractivity contribution < 1.29 is 10.0 Å². The highest BCUT2D eigenvalue weighted by molar-refractivity contribution is 6.13. The van der Waals surface area contributed by atoms with Crippen LogP contribution in [0.25, 0.3) is 11.0 Å². The Bertz CT molecular complexity index is 308. The van der Waals surface area contributed by atoms with Crippen molar-refractivity contribution >= 4 is 18.7 Å². The van der Waals surface area contributed by atoms with Crippen molar-refractivity contribution in [2.24, 2.45) is 0 Å². The number of nitrogens with zero attached hydrogens (tertiary/aromatic N) is 2. The number of aromatic nitrogens is 3. The highest BCUT2D eigenvalue weighted by atomic mass is 16.4. The highest BCUT2D eigenvalue weighted by Crippen LogP contribution is 2.03. The summed E-state index contributed by atoms with van der Waals surface area (Å²) in [5, 5.41) is 15.3. The predicted octanol–water partition coefficient (Wildman–Crippen LogP) is -0.805. The van der Waals surface area contributed by atoms with Crippen molar-refractivity contribution in [3.8, 4) is 0 Å². The predicted molar refractivity (Wildman–Crippen MR) is 45.5 cm³/mol. The molecule has 62 valence electrons. The van der Waals surface area contributed by atoms with Gasteiger partial charge in [-0.3, -0.25) is 0 Å². The third-order valence-corrected chi connectivity index (χ3v) is 1.22. The van der Waals surface area contributed by atoms with Crippen molar-refractivity contribution in [1.82, 2.24) is 15.0 Å². The van der Waals surface area contributed by atoms with Crippen LogP contribution in [-0.4, -0.2) is 32.7 Å². The van der Waals surface area contributed by atoms with Crippen LogP contribution in [0, 0.1) is 0 Å². The summed E-state index contributed by atoms with van der Waals surface area (Å²) in [5.41, 5.74) is 0.894. The van der Waals surface area contributed by atoms with Gasteiger partial charge in [-0.15, -0.1) is 0 Å². The fourth-order valence-corrected chi connectivity index (χ4v) is 0.793. The Morgan fingerprint density at radius 2 is 2.17 bits per heavy atom. The number of hydrogen-bond acceptors (Lipinski definition) is 4. The second kappa shape index (κ2) is 4.48. The van der Waals surface area contributed by atoms with Crippen molar-refractivity contribution in [3.63, 3.8) is 0 Å². The molecule has 2 heterocycles. The number of H-pyrrole nitrogens is 1. The molecule has 12 heavy (non-hydrogen) atoms. The summed E-state index contributed by atoms with van der Waals surface area (Å²) in [6.45, 7) is 0. The van der Waals surface area contributed by atoms with Crippen molar-refractivity contribution in [1.29, 1.82) is 0 Å². The average Bonchev–Trinajstić information content (AvgIpc) is 2.52. The van der Waals surface area contributed by atoms with Gasteiger partial charge in [0.05, 0.1) is 0 Å². The first kappa shape index (κ1) is 8.70. The van der Waals surface area contributed by atoms with E-state index in [1.54, 1.807) is 6.20 Å². The first-order chi connectivity index (χ1) is 5.88. The first-order valence-corrected chi connectivity index (χ1v) is 3.33. The van der Waals surface area contributed by atoms with E-state index in [4.69, 9.17) is 10.0 Å². The molecule has 0 saturated carbocycles. The van der Waals surface area contributed by atoms with Crippen molar-refractivity contribution in [3.05, 3.63) is 24.8 Å². The number of fused-ring (bicyclic) bond motifs is 1. The fourth-order valence-electron chi connectivity index (χ4n) is 0.793. The molecule has 0 fully saturated rings. The summed E-state index contributed by atoms with van der Waals surface area (Å²) in [6.07, 6.45) is 5.15. The molecule has 0 atom stereocenters. The van der Waals surface area contributed by atoms with Crippen LogP contribution >= 0.6 is 0 Å². The number of hydrogen-bond donors (Lipinski definition) is 3. The first-order valence-electron chi connectivity index (χ1n) is 3.33. The van der Waals surface area contributed by atoms with E-state index < -0.39 is 7.69 Å². The van der Waals surface area contributed by atoms with Gasteiger partial charge in [0.25, 0.3) is 0 Å². The van der Waals surface area contributed by atoms with Crippen LogP contribution in [-0.2, 0) is 0 Å². The maximum atomic E-state index is 7.12. The van der Waals surface area contributed by atoms with E-state index in [1.807, 2.05) is 12.3 Å². The van der Waals surface area contributed by atoms with Gasteiger partial charge in [0.2, 0.25) is 0 Å². The maximum Gasteiger partial charge on any atom is 0.432 e.